The molecule has 2 N–H and O–H groups in total. The molecule has 0 radical (unpaired) electrons. The van der Waals surface area contributed by atoms with Gasteiger partial charge in [-0.05, 0) is 0 Å². The lowest BCUT2D eigenvalue weighted by atomic mass is 10.2. The van der Waals surface area contributed by atoms with Crippen molar-refractivity contribution in [2.24, 2.45) is 5.73 Å². The highest BCUT2D eigenvalue weighted by atomic mass is 32.1. The van der Waals surface area contributed by atoms with E-state index in [1.165, 1.54) is 11.3 Å². The molecule has 0 atom stereocenters. The summed E-state index contributed by atoms with van der Waals surface area (Å²) in [4.78, 5) is 15.8. The third-order valence-corrected chi connectivity index (χ3v) is 3.23. The van der Waals surface area contributed by atoms with Crippen LogP contribution in [0.2, 0.25) is 0 Å². The second-order valence-electron chi connectivity index (χ2n) is 3.38. The van der Waals surface area contributed by atoms with Crippen LogP contribution >= 0.6 is 11.3 Å². The van der Waals surface area contributed by atoms with Gasteiger partial charge >= 0.3 is 0 Å². The Hall–Kier alpha value is -2.32. The van der Waals surface area contributed by atoms with Crippen LogP contribution in [0.25, 0.3) is 10.6 Å². The van der Waals surface area contributed by atoms with Crippen LogP contribution in [0, 0.1) is 12.3 Å². The summed E-state index contributed by atoms with van der Waals surface area (Å²) in [6.07, 6.45) is 5.10. The molecule has 0 saturated carbocycles. The van der Waals surface area contributed by atoms with Crippen LogP contribution in [-0.2, 0) is 0 Å². The molecule has 0 bridgehead atoms. The van der Waals surface area contributed by atoms with Crippen molar-refractivity contribution in [1.82, 2.24) is 4.98 Å². The van der Waals surface area contributed by atoms with Crippen molar-refractivity contribution in [3.8, 4) is 28.8 Å². The molecule has 1 aromatic carbocycles. The number of benzene rings is 1. The molecule has 1 heterocycles. The van der Waals surface area contributed by atoms with Crippen LogP contribution in [0.3, 0.4) is 0 Å². The van der Waals surface area contributed by atoms with Gasteiger partial charge in [-0.2, -0.15) is 0 Å². The third-order valence-electron chi connectivity index (χ3n) is 2.13. The summed E-state index contributed by atoms with van der Waals surface area (Å²) in [5.74, 6) is 1.95. The zero-order chi connectivity index (χ0) is 13.0. The summed E-state index contributed by atoms with van der Waals surface area (Å²) >= 11 is 1.19. The smallest absolute Gasteiger partial charge is 0.264 e. The van der Waals surface area contributed by atoms with Crippen molar-refractivity contribution in [1.29, 1.82) is 0 Å². The number of hydrogen-bond donors (Lipinski definition) is 1. The van der Waals surface area contributed by atoms with E-state index in [1.54, 1.807) is 0 Å². The molecule has 0 aliphatic rings. The van der Waals surface area contributed by atoms with Crippen molar-refractivity contribution in [3.05, 3.63) is 35.2 Å². The first-order valence-electron chi connectivity index (χ1n) is 5.14. The fourth-order valence-corrected chi connectivity index (χ4v) is 2.24. The standard InChI is InChI=1S/C13H10N2O2S/c1-2-8-17-12-10(11(14)16)18-13(15-12)9-6-4-3-5-7-9/h1,3-7H,8H2,(H2,14,16). The zero-order valence-electron chi connectivity index (χ0n) is 9.42. The topological polar surface area (TPSA) is 65.2 Å². The van der Waals surface area contributed by atoms with Gasteiger partial charge in [-0.3, -0.25) is 4.79 Å². The average molecular weight is 258 g/mol. The van der Waals surface area contributed by atoms with Gasteiger partial charge in [0.1, 0.15) is 5.01 Å². The predicted octanol–water partition coefficient (Wildman–Crippen LogP) is 1.92. The van der Waals surface area contributed by atoms with Gasteiger partial charge in [-0.1, -0.05) is 36.3 Å². The van der Waals surface area contributed by atoms with E-state index in [0.29, 0.717) is 5.01 Å². The van der Waals surface area contributed by atoms with Crippen molar-refractivity contribution in [2.75, 3.05) is 6.61 Å². The first-order chi connectivity index (χ1) is 8.72. The van der Waals surface area contributed by atoms with Gasteiger partial charge in [-0.25, -0.2) is 4.98 Å². The second-order valence-corrected chi connectivity index (χ2v) is 4.38. The molecule has 4 nitrogen and oxygen atoms in total. The summed E-state index contributed by atoms with van der Waals surface area (Å²) in [6.45, 7) is 0.0538. The summed E-state index contributed by atoms with van der Waals surface area (Å²) in [6, 6.07) is 9.48. The minimum atomic E-state index is -0.568. The number of nitrogens with two attached hydrogens (primary N) is 1. The van der Waals surface area contributed by atoms with Crippen molar-refractivity contribution >= 4 is 17.2 Å². The van der Waals surface area contributed by atoms with Gasteiger partial charge in [0.25, 0.3) is 5.91 Å². The number of ether oxygens (including phenoxy) is 1. The van der Waals surface area contributed by atoms with Gasteiger partial charge < -0.3 is 10.5 Å². The quantitative estimate of drug-likeness (QED) is 0.852. The number of amides is 1. The normalized spacial score (nSPS) is 9.72. The highest BCUT2D eigenvalue weighted by molar-refractivity contribution is 7.17. The molecule has 0 spiro atoms. The molecule has 2 rings (SSSR count). The SMILES string of the molecule is C#CCOc1nc(-c2ccccc2)sc1C(N)=O. The van der Waals surface area contributed by atoms with E-state index in [1.807, 2.05) is 30.3 Å². The maximum Gasteiger partial charge on any atom is 0.264 e. The van der Waals surface area contributed by atoms with Crippen LogP contribution in [0.1, 0.15) is 9.67 Å². The van der Waals surface area contributed by atoms with Crippen LogP contribution in [0.15, 0.2) is 30.3 Å². The molecular weight excluding hydrogens is 248 g/mol. The molecular formula is C13H10N2O2S. The number of aromatic nitrogens is 1. The minimum absolute atomic E-state index is 0.0538. The van der Waals surface area contributed by atoms with Crippen molar-refractivity contribution < 1.29 is 9.53 Å². The number of hydrogen-bond acceptors (Lipinski definition) is 4. The molecule has 0 unspecified atom stereocenters. The number of rotatable bonds is 4. The summed E-state index contributed by atoms with van der Waals surface area (Å²) in [5, 5.41) is 0.677. The lowest BCUT2D eigenvalue weighted by Crippen LogP contribution is -2.11. The fraction of sp³-hybridized carbons (Fsp3) is 0.0769. The number of thiazole rings is 1. The molecule has 2 aromatic rings. The van der Waals surface area contributed by atoms with Crippen LogP contribution in [0.4, 0.5) is 0 Å². The van der Waals surface area contributed by atoms with Gasteiger partial charge in [0.2, 0.25) is 5.88 Å². The maximum absolute atomic E-state index is 11.3. The number of carbonyl (C=O) groups is 1. The summed E-state index contributed by atoms with van der Waals surface area (Å²) < 4.78 is 5.21. The highest BCUT2D eigenvalue weighted by Crippen LogP contribution is 2.31. The maximum atomic E-state index is 11.3. The average Bonchev–Trinajstić information content (AvgIpc) is 2.81. The number of terminal acetylenes is 1. The lowest BCUT2D eigenvalue weighted by Gasteiger charge is -1.97. The molecule has 5 heteroatoms. The third kappa shape index (κ3) is 2.50. The Morgan fingerprint density at radius 1 is 1.44 bits per heavy atom. The first kappa shape index (κ1) is 12.1. The number of nitrogens with zero attached hydrogens (tertiary/aromatic N) is 1. The Morgan fingerprint density at radius 3 is 2.78 bits per heavy atom. The van der Waals surface area contributed by atoms with Gasteiger partial charge in [0, 0.05) is 5.56 Å². The Labute approximate surface area is 108 Å². The van der Waals surface area contributed by atoms with Gasteiger partial charge in [-0.15, -0.1) is 17.8 Å². The van der Waals surface area contributed by atoms with Gasteiger partial charge in [0.05, 0.1) is 0 Å². The summed E-state index contributed by atoms with van der Waals surface area (Å²) in [5.41, 5.74) is 6.18. The molecule has 1 amide bonds. The Balaban J connectivity index is 2.40. The molecule has 90 valence electrons. The first-order valence-corrected chi connectivity index (χ1v) is 5.96. The van der Waals surface area contributed by atoms with E-state index in [2.05, 4.69) is 10.9 Å². The van der Waals surface area contributed by atoms with E-state index in [-0.39, 0.29) is 17.4 Å². The van der Waals surface area contributed by atoms with E-state index in [4.69, 9.17) is 16.9 Å². The number of carbonyl (C=O) groups excluding carboxylic acids is 1. The Morgan fingerprint density at radius 2 is 2.17 bits per heavy atom. The van der Waals surface area contributed by atoms with Crippen LogP contribution in [-0.4, -0.2) is 17.5 Å². The van der Waals surface area contributed by atoms with Crippen molar-refractivity contribution in [3.63, 3.8) is 0 Å². The Kier molecular flexibility index (Phi) is 3.60. The number of primary amides is 1. The summed E-state index contributed by atoms with van der Waals surface area (Å²) in [7, 11) is 0. The Bertz CT molecular complexity index is 599. The molecule has 0 aliphatic carbocycles. The second kappa shape index (κ2) is 5.34. The lowest BCUT2D eigenvalue weighted by molar-refractivity contribution is 0.100. The van der Waals surface area contributed by atoms with E-state index >= 15 is 0 Å². The van der Waals surface area contributed by atoms with E-state index in [0.717, 1.165) is 5.56 Å². The highest BCUT2D eigenvalue weighted by Gasteiger charge is 2.17. The molecule has 0 saturated heterocycles. The molecule has 1 aromatic heterocycles. The predicted molar refractivity (Wildman–Crippen MR) is 70.4 cm³/mol. The molecule has 18 heavy (non-hydrogen) atoms. The van der Waals surface area contributed by atoms with Crippen LogP contribution in [0.5, 0.6) is 5.88 Å². The van der Waals surface area contributed by atoms with E-state index in [9.17, 15) is 4.79 Å². The van der Waals surface area contributed by atoms with E-state index < -0.39 is 5.91 Å². The zero-order valence-corrected chi connectivity index (χ0v) is 10.2. The fourth-order valence-electron chi connectivity index (χ4n) is 1.37. The monoisotopic (exact) mass is 258 g/mol. The van der Waals surface area contributed by atoms with Gasteiger partial charge in [0.15, 0.2) is 11.5 Å². The largest absolute Gasteiger partial charge is 0.463 e. The minimum Gasteiger partial charge on any atom is -0.463 e. The molecule has 0 aliphatic heterocycles. The van der Waals surface area contributed by atoms with Crippen molar-refractivity contribution in [2.45, 2.75) is 0 Å². The van der Waals surface area contributed by atoms with Crippen LogP contribution < -0.4 is 10.5 Å². The molecule has 0 fully saturated rings.